The third-order valence-corrected chi connectivity index (χ3v) is 5.42. The zero-order valence-electron chi connectivity index (χ0n) is 10.8. The average molecular weight is 272 g/mol. The van der Waals surface area contributed by atoms with Crippen molar-refractivity contribution >= 4 is 23.6 Å². The van der Waals surface area contributed by atoms with Crippen LogP contribution in [0.2, 0.25) is 0 Å². The first kappa shape index (κ1) is 13.7. The van der Waals surface area contributed by atoms with E-state index < -0.39 is 17.6 Å². The van der Waals surface area contributed by atoms with E-state index in [1.54, 1.807) is 11.8 Å². The van der Waals surface area contributed by atoms with Crippen LogP contribution in [0, 0.1) is 5.92 Å². The van der Waals surface area contributed by atoms with E-state index in [4.69, 9.17) is 5.73 Å². The van der Waals surface area contributed by atoms with Gasteiger partial charge in [0.25, 0.3) is 0 Å². The minimum absolute atomic E-state index is 0.0698. The molecule has 2 atom stereocenters. The van der Waals surface area contributed by atoms with Crippen LogP contribution >= 0.6 is 11.8 Å². The number of aliphatic carboxylic acids is 1. The van der Waals surface area contributed by atoms with Crippen molar-refractivity contribution in [2.24, 2.45) is 11.7 Å². The Kier molecular flexibility index (Phi) is 3.60. The van der Waals surface area contributed by atoms with Crippen molar-refractivity contribution in [1.82, 2.24) is 4.90 Å². The van der Waals surface area contributed by atoms with Crippen LogP contribution in [0.4, 0.5) is 0 Å². The summed E-state index contributed by atoms with van der Waals surface area (Å²) in [6.07, 6.45) is 2.29. The summed E-state index contributed by atoms with van der Waals surface area (Å²) in [5.74, 6) is -0.418. The fourth-order valence-electron chi connectivity index (χ4n) is 2.52. The van der Waals surface area contributed by atoms with E-state index >= 15 is 0 Å². The highest BCUT2D eigenvalue weighted by Crippen LogP contribution is 2.39. The Morgan fingerprint density at radius 1 is 1.44 bits per heavy atom. The SMILES string of the molecule is CC(C)C1SCC(C(=O)O)N1C(=O)C1(N)CCC1. The fraction of sp³-hybridized carbons (Fsp3) is 0.833. The number of nitrogens with two attached hydrogens (primary N) is 1. The van der Waals surface area contributed by atoms with Crippen molar-refractivity contribution < 1.29 is 14.7 Å². The molecule has 0 aromatic heterocycles. The van der Waals surface area contributed by atoms with Gasteiger partial charge in [-0.2, -0.15) is 0 Å². The Balaban J connectivity index is 2.23. The smallest absolute Gasteiger partial charge is 0.327 e. The summed E-state index contributed by atoms with van der Waals surface area (Å²) in [6, 6.07) is -0.726. The minimum Gasteiger partial charge on any atom is -0.480 e. The summed E-state index contributed by atoms with van der Waals surface area (Å²) in [6.45, 7) is 4.01. The second-order valence-corrected chi connectivity index (χ2v) is 6.69. The van der Waals surface area contributed by atoms with Gasteiger partial charge in [0, 0.05) is 5.75 Å². The largest absolute Gasteiger partial charge is 0.480 e. The van der Waals surface area contributed by atoms with Crippen LogP contribution in [-0.4, -0.2) is 44.6 Å². The number of carbonyl (C=O) groups excluding carboxylic acids is 1. The number of thioether (sulfide) groups is 1. The van der Waals surface area contributed by atoms with Crippen LogP contribution in [0.1, 0.15) is 33.1 Å². The summed E-state index contributed by atoms with van der Waals surface area (Å²) in [4.78, 5) is 25.3. The number of hydrogen-bond donors (Lipinski definition) is 2. The van der Waals surface area contributed by atoms with E-state index in [0.29, 0.717) is 18.6 Å². The molecule has 2 rings (SSSR count). The quantitative estimate of drug-likeness (QED) is 0.796. The first-order valence-corrected chi connectivity index (χ1v) is 7.38. The van der Waals surface area contributed by atoms with Gasteiger partial charge in [0.2, 0.25) is 5.91 Å². The molecule has 18 heavy (non-hydrogen) atoms. The molecule has 1 aliphatic heterocycles. The Bertz CT molecular complexity index is 368. The molecule has 5 nitrogen and oxygen atoms in total. The predicted octanol–water partition coefficient (Wildman–Crippen LogP) is 0.878. The molecule has 2 aliphatic rings. The van der Waals surface area contributed by atoms with Crippen LogP contribution in [0.3, 0.4) is 0 Å². The first-order chi connectivity index (χ1) is 8.37. The Morgan fingerprint density at radius 2 is 2.06 bits per heavy atom. The van der Waals surface area contributed by atoms with Crippen molar-refractivity contribution in [3.8, 4) is 0 Å². The molecule has 0 aromatic rings. The van der Waals surface area contributed by atoms with Crippen molar-refractivity contribution in [1.29, 1.82) is 0 Å². The molecule has 1 saturated heterocycles. The van der Waals surface area contributed by atoms with Crippen molar-refractivity contribution in [3.05, 3.63) is 0 Å². The normalized spacial score (nSPS) is 30.3. The van der Waals surface area contributed by atoms with Crippen LogP contribution in [-0.2, 0) is 9.59 Å². The highest BCUT2D eigenvalue weighted by atomic mass is 32.2. The van der Waals surface area contributed by atoms with Crippen LogP contribution < -0.4 is 5.73 Å². The Labute approximate surface area is 111 Å². The van der Waals surface area contributed by atoms with Gasteiger partial charge in [0.15, 0.2) is 0 Å². The number of rotatable bonds is 3. The van der Waals surface area contributed by atoms with Gasteiger partial charge in [-0.05, 0) is 25.2 Å². The van der Waals surface area contributed by atoms with Crippen LogP contribution in [0.25, 0.3) is 0 Å². The van der Waals surface area contributed by atoms with E-state index in [9.17, 15) is 14.7 Å². The number of nitrogens with zero attached hydrogens (tertiary/aromatic N) is 1. The predicted molar refractivity (Wildman–Crippen MR) is 70.1 cm³/mol. The lowest BCUT2D eigenvalue weighted by Gasteiger charge is -2.42. The van der Waals surface area contributed by atoms with Crippen molar-refractivity contribution in [2.45, 2.75) is 50.1 Å². The highest BCUT2D eigenvalue weighted by molar-refractivity contribution is 8.00. The molecular formula is C12H20N2O3S. The number of amides is 1. The molecule has 1 saturated carbocycles. The van der Waals surface area contributed by atoms with Crippen molar-refractivity contribution in [3.63, 3.8) is 0 Å². The molecule has 1 heterocycles. The summed E-state index contributed by atoms with van der Waals surface area (Å²) in [7, 11) is 0. The summed E-state index contributed by atoms with van der Waals surface area (Å²) >= 11 is 1.54. The van der Waals surface area contributed by atoms with E-state index in [1.165, 1.54) is 4.90 Å². The van der Waals surface area contributed by atoms with Gasteiger partial charge in [0.05, 0.1) is 10.9 Å². The molecule has 3 N–H and O–H groups in total. The molecule has 2 unspecified atom stereocenters. The molecule has 0 spiro atoms. The maximum atomic E-state index is 12.5. The van der Waals surface area contributed by atoms with Gasteiger partial charge >= 0.3 is 5.97 Å². The third kappa shape index (κ3) is 2.12. The second-order valence-electron chi connectivity index (χ2n) is 5.54. The lowest BCUT2D eigenvalue weighted by atomic mass is 9.76. The highest BCUT2D eigenvalue weighted by Gasteiger charge is 2.50. The fourth-order valence-corrected chi connectivity index (χ4v) is 3.99. The second kappa shape index (κ2) is 4.74. The van der Waals surface area contributed by atoms with E-state index in [-0.39, 0.29) is 17.2 Å². The van der Waals surface area contributed by atoms with E-state index in [1.807, 2.05) is 13.8 Å². The summed E-state index contributed by atoms with van der Waals surface area (Å²) in [5, 5.41) is 9.17. The standard InChI is InChI=1S/C12H20N2O3S/c1-7(2)9-14(8(6-18-9)10(15)16)11(17)12(13)4-3-5-12/h7-9H,3-6,13H2,1-2H3,(H,15,16). The molecule has 102 valence electrons. The topological polar surface area (TPSA) is 83.6 Å². The van der Waals surface area contributed by atoms with E-state index in [2.05, 4.69) is 0 Å². The lowest BCUT2D eigenvalue weighted by Crippen LogP contribution is -2.63. The Morgan fingerprint density at radius 3 is 2.44 bits per heavy atom. The van der Waals surface area contributed by atoms with Crippen LogP contribution in [0.5, 0.6) is 0 Å². The van der Waals surface area contributed by atoms with Crippen molar-refractivity contribution in [2.75, 3.05) is 5.75 Å². The zero-order valence-corrected chi connectivity index (χ0v) is 11.6. The Hall–Kier alpha value is -0.750. The van der Waals surface area contributed by atoms with Gasteiger partial charge in [-0.25, -0.2) is 4.79 Å². The molecule has 2 fully saturated rings. The lowest BCUT2D eigenvalue weighted by molar-refractivity contribution is -0.153. The number of carboxylic acid groups (broad SMARTS) is 1. The molecule has 1 amide bonds. The average Bonchev–Trinajstić information content (AvgIpc) is 2.69. The van der Waals surface area contributed by atoms with Gasteiger partial charge in [0.1, 0.15) is 6.04 Å². The summed E-state index contributed by atoms with van der Waals surface area (Å²) in [5.41, 5.74) is 5.24. The minimum atomic E-state index is -0.929. The number of carboxylic acids is 1. The monoisotopic (exact) mass is 272 g/mol. The third-order valence-electron chi connectivity index (χ3n) is 3.80. The molecule has 1 aliphatic carbocycles. The van der Waals surface area contributed by atoms with Gasteiger partial charge in [-0.15, -0.1) is 11.8 Å². The van der Waals surface area contributed by atoms with Crippen LogP contribution in [0.15, 0.2) is 0 Å². The first-order valence-electron chi connectivity index (χ1n) is 6.33. The molecular weight excluding hydrogens is 252 g/mol. The number of hydrogen-bond acceptors (Lipinski definition) is 4. The van der Waals surface area contributed by atoms with Gasteiger partial charge in [-0.1, -0.05) is 13.8 Å². The zero-order chi connectivity index (χ0) is 13.5. The molecule has 6 heteroatoms. The maximum Gasteiger partial charge on any atom is 0.327 e. The summed E-state index contributed by atoms with van der Waals surface area (Å²) < 4.78 is 0. The maximum absolute atomic E-state index is 12.5. The number of carbonyl (C=O) groups is 2. The van der Waals surface area contributed by atoms with E-state index in [0.717, 1.165) is 6.42 Å². The van der Waals surface area contributed by atoms with Gasteiger partial charge in [-0.3, -0.25) is 4.79 Å². The molecule has 0 aromatic carbocycles. The molecule has 0 bridgehead atoms. The molecule has 0 radical (unpaired) electrons. The van der Waals surface area contributed by atoms with Gasteiger partial charge < -0.3 is 15.7 Å².